The van der Waals surface area contributed by atoms with Crippen molar-refractivity contribution >= 4 is 11.8 Å². The molecule has 0 aliphatic carbocycles. The number of nitrogens with zero attached hydrogens (tertiary/aromatic N) is 2. The van der Waals surface area contributed by atoms with Gasteiger partial charge in [-0.2, -0.15) is 0 Å². The lowest BCUT2D eigenvalue weighted by molar-refractivity contribution is -0.119. The van der Waals surface area contributed by atoms with Gasteiger partial charge >= 0.3 is 0 Å². The van der Waals surface area contributed by atoms with Crippen molar-refractivity contribution in [3.63, 3.8) is 0 Å². The molecule has 7 nitrogen and oxygen atoms in total. The maximum atomic E-state index is 12.6. The molecule has 0 radical (unpaired) electrons. The Hall–Kier alpha value is -2.57. The molecule has 0 bridgehead atoms. The van der Waals surface area contributed by atoms with Gasteiger partial charge in [0.1, 0.15) is 17.3 Å². The Morgan fingerprint density at radius 3 is 2.96 bits per heavy atom. The summed E-state index contributed by atoms with van der Waals surface area (Å²) in [7, 11) is 0. The summed E-state index contributed by atoms with van der Waals surface area (Å²) in [6, 6.07) is 3.58. The number of aryl methyl sites for hydroxylation is 1. The lowest BCUT2D eigenvalue weighted by Crippen LogP contribution is -2.31. The number of nitrogens with one attached hydrogen (secondary N) is 1. The molecular weight excluding hydrogens is 298 g/mol. The topological polar surface area (TPSA) is 88.6 Å². The predicted molar refractivity (Wildman–Crippen MR) is 80.5 cm³/mol. The van der Waals surface area contributed by atoms with Crippen molar-refractivity contribution in [2.75, 3.05) is 6.54 Å². The van der Waals surface area contributed by atoms with Gasteiger partial charge in [-0.05, 0) is 31.9 Å². The second-order valence-corrected chi connectivity index (χ2v) is 5.63. The highest BCUT2D eigenvalue weighted by molar-refractivity contribution is 5.93. The molecule has 1 saturated heterocycles. The zero-order valence-corrected chi connectivity index (χ0v) is 13.2. The molecule has 2 amide bonds. The van der Waals surface area contributed by atoms with Crippen LogP contribution in [0.25, 0.3) is 0 Å². The minimum absolute atomic E-state index is 0.107. The number of carbonyl (C=O) groups is 2. The molecule has 0 saturated carbocycles. The van der Waals surface area contributed by atoms with Crippen molar-refractivity contribution in [3.8, 4) is 0 Å². The number of hydrogen-bond donors (Lipinski definition) is 1. The van der Waals surface area contributed by atoms with Crippen molar-refractivity contribution in [2.45, 2.75) is 39.3 Å². The zero-order valence-electron chi connectivity index (χ0n) is 13.2. The van der Waals surface area contributed by atoms with Gasteiger partial charge in [0.05, 0.1) is 12.6 Å². The number of aromatic nitrogens is 1. The molecule has 1 N–H and O–H groups in total. The fourth-order valence-corrected chi connectivity index (χ4v) is 2.83. The molecule has 2 aromatic heterocycles. The van der Waals surface area contributed by atoms with E-state index in [-0.39, 0.29) is 17.9 Å². The van der Waals surface area contributed by atoms with Crippen molar-refractivity contribution in [3.05, 3.63) is 41.5 Å². The Labute approximate surface area is 133 Å². The number of carbonyl (C=O) groups excluding carboxylic acids is 2. The first-order chi connectivity index (χ1) is 11.1. The third-order valence-electron chi connectivity index (χ3n) is 3.98. The summed E-state index contributed by atoms with van der Waals surface area (Å²) >= 11 is 0. The highest BCUT2D eigenvalue weighted by Gasteiger charge is 2.34. The molecule has 0 aromatic carbocycles. The first-order valence-electron chi connectivity index (χ1n) is 7.60. The van der Waals surface area contributed by atoms with E-state index in [2.05, 4.69) is 10.3 Å². The Morgan fingerprint density at radius 1 is 1.43 bits per heavy atom. The Balaban J connectivity index is 1.75. The molecular formula is C16H19N3O4. The first-order valence-corrected chi connectivity index (χ1v) is 7.60. The highest BCUT2D eigenvalue weighted by Crippen LogP contribution is 2.34. The summed E-state index contributed by atoms with van der Waals surface area (Å²) in [5, 5.41) is 2.69. The summed E-state index contributed by atoms with van der Waals surface area (Å²) in [4.78, 5) is 29.4. The molecule has 2 aromatic rings. The van der Waals surface area contributed by atoms with Crippen molar-refractivity contribution in [2.24, 2.45) is 0 Å². The van der Waals surface area contributed by atoms with E-state index in [1.165, 1.54) is 13.3 Å². The van der Waals surface area contributed by atoms with Crippen LogP contribution < -0.4 is 5.32 Å². The second-order valence-electron chi connectivity index (χ2n) is 5.63. The van der Waals surface area contributed by atoms with Crippen LogP contribution in [-0.4, -0.2) is 28.2 Å². The molecule has 1 atom stereocenters. The van der Waals surface area contributed by atoms with Crippen LogP contribution in [-0.2, 0) is 11.3 Å². The van der Waals surface area contributed by atoms with E-state index in [0.29, 0.717) is 30.3 Å². The largest absolute Gasteiger partial charge is 0.462 e. The quantitative estimate of drug-likeness (QED) is 0.933. The standard InChI is InChI=1S/C16H19N3O4/c1-10-15(18-9-22-10)16(21)19-7-3-4-13(19)14-6-5-12(23-14)8-17-11(2)20/h5-6,9,13H,3-4,7-8H2,1-2H3,(H,17,20). The van der Waals surface area contributed by atoms with Gasteiger partial charge in [0.25, 0.3) is 5.91 Å². The van der Waals surface area contributed by atoms with Crippen LogP contribution in [0.1, 0.15) is 53.6 Å². The summed E-state index contributed by atoms with van der Waals surface area (Å²) in [6.07, 6.45) is 3.04. The van der Waals surface area contributed by atoms with Gasteiger partial charge in [-0.3, -0.25) is 9.59 Å². The van der Waals surface area contributed by atoms with E-state index in [1.807, 2.05) is 12.1 Å². The lowest BCUT2D eigenvalue weighted by Gasteiger charge is -2.22. The molecule has 1 aliphatic rings. The van der Waals surface area contributed by atoms with E-state index in [4.69, 9.17) is 8.83 Å². The van der Waals surface area contributed by atoms with E-state index >= 15 is 0 Å². The molecule has 1 aliphatic heterocycles. The number of amides is 2. The fourth-order valence-electron chi connectivity index (χ4n) is 2.83. The lowest BCUT2D eigenvalue weighted by atomic mass is 10.1. The van der Waals surface area contributed by atoms with Crippen LogP contribution in [0.2, 0.25) is 0 Å². The summed E-state index contributed by atoms with van der Waals surface area (Å²) in [6.45, 7) is 4.20. The van der Waals surface area contributed by atoms with Gasteiger partial charge in [0, 0.05) is 13.5 Å². The van der Waals surface area contributed by atoms with Crippen LogP contribution in [0.4, 0.5) is 0 Å². The van der Waals surface area contributed by atoms with E-state index in [1.54, 1.807) is 11.8 Å². The van der Waals surface area contributed by atoms with E-state index < -0.39 is 0 Å². The molecule has 23 heavy (non-hydrogen) atoms. The number of oxazole rings is 1. The third-order valence-corrected chi connectivity index (χ3v) is 3.98. The average Bonchev–Trinajstić information content (AvgIpc) is 3.24. The number of likely N-dealkylation sites (tertiary alicyclic amines) is 1. The van der Waals surface area contributed by atoms with E-state index in [0.717, 1.165) is 18.6 Å². The van der Waals surface area contributed by atoms with Gasteiger partial charge < -0.3 is 19.1 Å². The fraction of sp³-hybridized carbons (Fsp3) is 0.438. The molecule has 3 rings (SSSR count). The van der Waals surface area contributed by atoms with Gasteiger partial charge in [-0.25, -0.2) is 4.98 Å². The predicted octanol–water partition coefficient (Wildman–Crippen LogP) is 2.19. The van der Waals surface area contributed by atoms with Crippen molar-refractivity contribution < 1.29 is 18.4 Å². The molecule has 7 heteroatoms. The van der Waals surface area contributed by atoms with Crippen LogP contribution in [0.15, 0.2) is 27.4 Å². The molecule has 1 fully saturated rings. The van der Waals surface area contributed by atoms with Gasteiger partial charge in [-0.1, -0.05) is 0 Å². The number of hydrogen-bond acceptors (Lipinski definition) is 5. The maximum Gasteiger partial charge on any atom is 0.276 e. The minimum Gasteiger partial charge on any atom is -0.462 e. The second kappa shape index (κ2) is 6.28. The highest BCUT2D eigenvalue weighted by atomic mass is 16.3. The summed E-state index contributed by atoms with van der Waals surface area (Å²) in [5.41, 5.74) is 0.349. The van der Waals surface area contributed by atoms with Crippen molar-refractivity contribution in [1.29, 1.82) is 0 Å². The van der Waals surface area contributed by atoms with Crippen molar-refractivity contribution in [1.82, 2.24) is 15.2 Å². The monoisotopic (exact) mass is 317 g/mol. The Morgan fingerprint density at radius 2 is 2.26 bits per heavy atom. The summed E-state index contributed by atoms with van der Waals surface area (Å²) < 4.78 is 10.9. The third kappa shape index (κ3) is 3.13. The van der Waals surface area contributed by atoms with E-state index in [9.17, 15) is 9.59 Å². The average molecular weight is 317 g/mol. The zero-order chi connectivity index (χ0) is 16.4. The van der Waals surface area contributed by atoms with Gasteiger partial charge in [-0.15, -0.1) is 0 Å². The van der Waals surface area contributed by atoms with Gasteiger partial charge in [0.15, 0.2) is 12.1 Å². The molecule has 1 unspecified atom stereocenters. The number of furan rings is 1. The maximum absolute atomic E-state index is 12.6. The molecule has 3 heterocycles. The van der Waals surface area contributed by atoms with Crippen LogP contribution in [0.5, 0.6) is 0 Å². The van der Waals surface area contributed by atoms with Gasteiger partial charge in [0.2, 0.25) is 5.91 Å². The normalized spacial score (nSPS) is 17.5. The SMILES string of the molecule is CC(=O)NCc1ccc(C2CCCN2C(=O)c2ncoc2C)o1. The van der Waals surface area contributed by atoms with Crippen LogP contribution >= 0.6 is 0 Å². The Bertz CT molecular complexity index is 718. The smallest absolute Gasteiger partial charge is 0.276 e. The van der Waals surface area contributed by atoms with Crippen LogP contribution in [0.3, 0.4) is 0 Å². The first kappa shape index (κ1) is 15.3. The minimum atomic E-state index is -0.140. The molecule has 122 valence electrons. The Kier molecular flexibility index (Phi) is 4.18. The molecule has 0 spiro atoms. The van der Waals surface area contributed by atoms with Crippen LogP contribution in [0, 0.1) is 6.92 Å². The summed E-state index contributed by atoms with van der Waals surface area (Å²) in [5.74, 6) is 1.68. The number of rotatable bonds is 4.